The minimum absolute atomic E-state index is 0.300. The molecule has 2 aromatic rings. The summed E-state index contributed by atoms with van der Waals surface area (Å²) in [6.07, 6.45) is 1.02. The maximum absolute atomic E-state index is 5.33. The highest BCUT2D eigenvalue weighted by atomic mass is 16.5. The van der Waals surface area contributed by atoms with Crippen LogP contribution in [0.5, 0.6) is 11.8 Å². The molecule has 0 aliphatic rings. The molecule has 0 saturated carbocycles. The fraction of sp³-hybridized carbons (Fsp3) is 0.222. The van der Waals surface area contributed by atoms with Crippen LogP contribution in [-0.4, -0.2) is 20.6 Å². The van der Waals surface area contributed by atoms with E-state index in [-0.39, 0.29) is 0 Å². The fourth-order valence-electron chi connectivity index (χ4n) is 1.10. The molecule has 0 aliphatic carbocycles. The van der Waals surface area contributed by atoms with Crippen LogP contribution in [0.15, 0.2) is 24.3 Å². The summed E-state index contributed by atoms with van der Waals surface area (Å²) >= 11 is 0. The van der Waals surface area contributed by atoms with E-state index in [1.165, 1.54) is 5.56 Å². The van der Waals surface area contributed by atoms with Crippen molar-refractivity contribution in [1.82, 2.24) is 20.6 Å². The first-order valence-electron chi connectivity index (χ1n) is 4.39. The molecule has 1 N–H and O–H groups in total. The molecule has 0 atom stereocenters. The Balaban J connectivity index is 2.10. The molecule has 0 amide bonds. The Morgan fingerprint density at radius 1 is 1.29 bits per heavy atom. The summed E-state index contributed by atoms with van der Waals surface area (Å²) in [7, 11) is 0. The molecular formula is C9H10N4O. The largest absolute Gasteiger partial charge is 0.424 e. The minimum Gasteiger partial charge on any atom is -0.424 e. The Hall–Kier alpha value is -1.91. The number of rotatable bonds is 3. The number of ether oxygens (including phenoxy) is 1. The number of benzene rings is 1. The number of aryl methyl sites for hydroxylation is 1. The lowest BCUT2D eigenvalue weighted by Gasteiger charge is -2.01. The summed E-state index contributed by atoms with van der Waals surface area (Å²) in [4.78, 5) is 0. The van der Waals surface area contributed by atoms with Gasteiger partial charge in [0, 0.05) is 0 Å². The third-order valence-electron chi connectivity index (χ3n) is 1.87. The molecule has 0 aliphatic heterocycles. The van der Waals surface area contributed by atoms with Gasteiger partial charge in [0.1, 0.15) is 5.75 Å². The molecule has 14 heavy (non-hydrogen) atoms. The predicted molar refractivity (Wildman–Crippen MR) is 50.1 cm³/mol. The zero-order valence-corrected chi connectivity index (χ0v) is 7.77. The Labute approximate surface area is 81.1 Å². The van der Waals surface area contributed by atoms with Gasteiger partial charge in [0.15, 0.2) is 0 Å². The van der Waals surface area contributed by atoms with Crippen molar-refractivity contribution < 1.29 is 4.74 Å². The second-order valence-corrected chi connectivity index (χ2v) is 2.81. The van der Waals surface area contributed by atoms with Gasteiger partial charge in [0.2, 0.25) is 0 Å². The number of tetrazole rings is 1. The third-order valence-corrected chi connectivity index (χ3v) is 1.87. The number of hydrogen-bond acceptors (Lipinski definition) is 4. The summed E-state index contributed by atoms with van der Waals surface area (Å²) in [5.41, 5.74) is 1.27. The molecule has 0 spiro atoms. The number of aromatic nitrogens is 4. The van der Waals surface area contributed by atoms with E-state index >= 15 is 0 Å². The molecular weight excluding hydrogens is 180 g/mol. The zero-order chi connectivity index (χ0) is 9.80. The highest BCUT2D eigenvalue weighted by Gasteiger charge is 1.99. The predicted octanol–water partition coefficient (Wildman–Crippen LogP) is 1.55. The molecule has 0 radical (unpaired) electrons. The molecule has 5 heteroatoms. The lowest BCUT2D eigenvalue weighted by Crippen LogP contribution is -1.87. The molecule has 0 saturated heterocycles. The number of H-pyrrole nitrogens is 1. The van der Waals surface area contributed by atoms with Gasteiger partial charge < -0.3 is 4.74 Å². The van der Waals surface area contributed by atoms with Gasteiger partial charge in [-0.2, -0.15) is 0 Å². The standard InChI is InChI=1S/C9H10N4O/c1-2-7-3-5-8(6-4-7)14-9-10-12-13-11-9/h3-6H,2H2,1H3,(H,10,11,12,13). The van der Waals surface area contributed by atoms with Crippen molar-refractivity contribution in [1.29, 1.82) is 0 Å². The van der Waals surface area contributed by atoms with Crippen LogP contribution in [0.25, 0.3) is 0 Å². The van der Waals surface area contributed by atoms with Crippen molar-refractivity contribution in [3.05, 3.63) is 29.8 Å². The van der Waals surface area contributed by atoms with Gasteiger partial charge in [0.05, 0.1) is 0 Å². The van der Waals surface area contributed by atoms with Gasteiger partial charge in [-0.1, -0.05) is 24.2 Å². The van der Waals surface area contributed by atoms with Crippen LogP contribution in [0.3, 0.4) is 0 Å². The first kappa shape index (κ1) is 8.68. The Morgan fingerprint density at radius 2 is 2.07 bits per heavy atom. The number of nitrogens with one attached hydrogen (secondary N) is 1. The Morgan fingerprint density at radius 3 is 2.64 bits per heavy atom. The maximum atomic E-state index is 5.33. The molecule has 0 unspecified atom stereocenters. The number of nitrogens with zero attached hydrogens (tertiary/aromatic N) is 3. The van der Waals surface area contributed by atoms with Gasteiger partial charge in [-0.25, -0.2) is 5.10 Å². The molecule has 5 nitrogen and oxygen atoms in total. The van der Waals surface area contributed by atoms with Crippen molar-refractivity contribution in [3.63, 3.8) is 0 Å². The minimum atomic E-state index is 0.300. The lowest BCUT2D eigenvalue weighted by molar-refractivity contribution is 0.442. The highest BCUT2D eigenvalue weighted by Crippen LogP contribution is 2.16. The van der Waals surface area contributed by atoms with Crippen molar-refractivity contribution in [3.8, 4) is 11.8 Å². The van der Waals surface area contributed by atoms with Gasteiger partial charge >= 0.3 is 6.01 Å². The van der Waals surface area contributed by atoms with E-state index in [1.807, 2.05) is 24.3 Å². The number of aromatic amines is 1. The van der Waals surface area contributed by atoms with Crippen LogP contribution < -0.4 is 4.74 Å². The molecule has 1 aromatic heterocycles. The summed E-state index contributed by atoms with van der Waals surface area (Å²) in [5.74, 6) is 0.723. The molecule has 2 rings (SSSR count). The summed E-state index contributed by atoms with van der Waals surface area (Å²) in [6, 6.07) is 8.11. The van der Waals surface area contributed by atoms with Crippen LogP contribution in [0.2, 0.25) is 0 Å². The Bertz CT molecular complexity index is 382. The van der Waals surface area contributed by atoms with E-state index in [2.05, 4.69) is 27.5 Å². The fourth-order valence-corrected chi connectivity index (χ4v) is 1.10. The lowest BCUT2D eigenvalue weighted by atomic mass is 10.2. The average Bonchev–Trinajstić information content (AvgIpc) is 2.72. The van der Waals surface area contributed by atoms with Gasteiger partial charge in [-0.15, -0.1) is 0 Å². The van der Waals surface area contributed by atoms with Crippen LogP contribution in [0, 0.1) is 0 Å². The summed E-state index contributed by atoms with van der Waals surface area (Å²) in [6.45, 7) is 2.11. The molecule has 0 bridgehead atoms. The van der Waals surface area contributed by atoms with Crippen molar-refractivity contribution in [2.75, 3.05) is 0 Å². The second-order valence-electron chi connectivity index (χ2n) is 2.81. The molecule has 1 heterocycles. The van der Waals surface area contributed by atoms with Crippen LogP contribution in [0.1, 0.15) is 12.5 Å². The van der Waals surface area contributed by atoms with E-state index in [4.69, 9.17) is 4.74 Å². The van der Waals surface area contributed by atoms with E-state index in [0.29, 0.717) is 6.01 Å². The van der Waals surface area contributed by atoms with E-state index in [9.17, 15) is 0 Å². The summed E-state index contributed by atoms with van der Waals surface area (Å²) < 4.78 is 5.33. The highest BCUT2D eigenvalue weighted by molar-refractivity contribution is 5.28. The van der Waals surface area contributed by atoms with Gasteiger partial charge in [-0.3, -0.25) is 0 Å². The van der Waals surface area contributed by atoms with Crippen molar-refractivity contribution >= 4 is 0 Å². The number of hydrogen-bond donors (Lipinski definition) is 1. The third kappa shape index (κ3) is 1.87. The smallest absolute Gasteiger partial charge is 0.338 e. The van der Waals surface area contributed by atoms with Gasteiger partial charge in [-0.05, 0) is 34.5 Å². The van der Waals surface area contributed by atoms with E-state index < -0.39 is 0 Å². The zero-order valence-electron chi connectivity index (χ0n) is 7.77. The van der Waals surface area contributed by atoms with E-state index in [1.54, 1.807) is 0 Å². The molecule has 0 fully saturated rings. The monoisotopic (exact) mass is 190 g/mol. The molecule has 1 aromatic carbocycles. The van der Waals surface area contributed by atoms with Crippen LogP contribution >= 0.6 is 0 Å². The first-order valence-corrected chi connectivity index (χ1v) is 4.39. The van der Waals surface area contributed by atoms with Crippen LogP contribution in [0.4, 0.5) is 0 Å². The second kappa shape index (κ2) is 3.87. The molecule has 72 valence electrons. The SMILES string of the molecule is CCc1ccc(Oc2nnn[nH]2)cc1. The quantitative estimate of drug-likeness (QED) is 0.797. The van der Waals surface area contributed by atoms with E-state index in [0.717, 1.165) is 12.2 Å². The van der Waals surface area contributed by atoms with Crippen molar-refractivity contribution in [2.24, 2.45) is 0 Å². The van der Waals surface area contributed by atoms with Gasteiger partial charge in [0.25, 0.3) is 0 Å². The average molecular weight is 190 g/mol. The normalized spacial score (nSPS) is 10.1. The topological polar surface area (TPSA) is 63.7 Å². The maximum Gasteiger partial charge on any atom is 0.338 e. The first-order chi connectivity index (χ1) is 6.88. The Kier molecular flexibility index (Phi) is 2.40. The van der Waals surface area contributed by atoms with Crippen molar-refractivity contribution in [2.45, 2.75) is 13.3 Å². The van der Waals surface area contributed by atoms with Crippen LogP contribution in [-0.2, 0) is 6.42 Å². The summed E-state index contributed by atoms with van der Waals surface area (Å²) in [5, 5.41) is 12.9.